The molecule has 2 heteroatoms. The maximum Gasteiger partial charge on any atom is 0.169 e. The molecule has 3 rings (SSSR count). The van der Waals surface area contributed by atoms with Gasteiger partial charge in [-0.1, -0.05) is 146 Å². The van der Waals surface area contributed by atoms with Crippen LogP contribution in [0, 0.1) is 11.8 Å². The van der Waals surface area contributed by atoms with Gasteiger partial charge in [0.15, 0.2) is 5.79 Å². The van der Waals surface area contributed by atoms with Crippen molar-refractivity contribution >= 4 is 0 Å². The second kappa shape index (κ2) is 25.8. The molecule has 1 heterocycles. The molecule has 4 atom stereocenters. The summed E-state index contributed by atoms with van der Waals surface area (Å²) in [5.74, 6) is 1.35. The molecule has 2 unspecified atom stereocenters. The minimum Gasteiger partial charge on any atom is -0.344 e. The van der Waals surface area contributed by atoms with Crippen LogP contribution in [0.2, 0.25) is 0 Å². The summed E-state index contributed by atoms with van der Waals surface area (Å²) in [7, 11) is 0. The Hall–Kier alpha value is -1.12. The third-order valence-corrected chi connectivity index (χ3v) is 11.0. The topological polar surface area (TPSA) is 18.5 Å². The van der Waals surface area contributed by atoms with Crippen LogP contribution in [0.3, 0.4) is 0 Å². The highest BCUT2D eigenvalue weighted by molar-refractivity contribution is 5.07. The summed E-state index contributed by atoms with van der Waals surface area (Å²) < 4.78 is 13.7. The van der Waals surface area contributed by atoms with E-state index in [0.717, 1.165) is 37.5 Å². The predicted octanol–water partition coefficient (Wildman–Crippen LogP) is 14.3. The molecule has 0 N–H and O–H groups in total. The van der Waals surface area contributed by atoms with Gasteiger partial charge in [-0.15, -0.1) is 0 Å². The predicted molar refractivity (Wildman–Crippen MR) is 201 cm³/mol. The highest BCUT2D eigenvalue weighted by Crippen LogP contribution is 2.57. The first-order chi connectivity index (χ1) is 22.8. The van der Waals surface area contributed by atoms with Gasteiger partial charge >= 0.3 is 0 Å². The van der Waals surface area contributed by atoms with Crippen molar-refractivity contribution in [1.29, 1.82) is 0 Å². The lowest BCUT2D eigenvalue weighted by atomic mass is 9.71. The van der Waals surface area contributed by atoms with Gasteiger partial charge in [0.05, 0.1) is 12.2 Å². The molecule has 0 aromatic rings. The fraction of sp³-hybridized carbons (Fsp3) is 0.818. The summed E-state index contributed by atoms with van der Waals surface area (Å²) in [5, 5.41) is 0. The number of hydrogen-bond acceptors (Lipinski definition) is 2. The normalized spacial score (nSPS) is 23.8. The molecule has 46 heavy (non-hydrogen) atoms. The first-order valence-corrected chi connectivity index (χ1v) is 20.8. The fourth-order valence-electron chi connectivity index (χ4n) is 8.13. The van der Waals surface area contributed by atoms with Crippen molar-refractivity contribution < 1.29 is 9.47 Å². The third-order valence-electron chi connectivity index (χ3n) is 11.0. The maximum atomic E-state index is 6.86. The van der Waals surface area contributed by atoms with Crippen molar-refractivity contribution in [2.75, 3.05) is 0 Å². The summed E-state index contributed by atoms with van der Waals surface area (Å²) in [6, 6.07) is 0. The molecule has 0 aromatic carbocycles. The molecule has 1 aliphatic heterocycles. The second-order valence-electron chi connectivity index (χ2n) is 15.0. The van der Waals surface area contributed by atoms with Crippen LogP contribution in [0.15, 0.2) is 48.6 Å². The van der Waals surface area contributed by atoms with E-state index < -0.39 is 0 Å². The zero-order valence-corrected chi connectivity index (χ0v) is 30.8. The molecule has 264 valence electrons. The van der Waals surface area contributed by atoms with E-state index in [1.807, 2.05) is 0 Å². The van der Waals surface area contributed by atoms with E-state index in [0.29, 0.717) is 12.2 Å². The van der Waals surface area contributed by atoms with Gasteiger partial charge in [-0.25, -0.2) is 0 Å². The molecule has 0 amide bonds. The third kappa shape index (κ3) is 15.9. The SMILES string of the molecule is CCCCC/C=C\C/C=C\CCCCCCCCC1(CCCCCCCC/C=C\C/C=C\CCCCC)O[C@@H]2C3CCCC3[C@H]2O1. The molecular weight excluding hydrogens is 560 g/mol. The zero-order chi connectivity index (χ0) is 32.4. The van der Waals surface area contributed by atoms with Crippen LogP contribution in [0.5, 0.6) is 0 Å². The van der Waals surface area contributed by atoms with Crippen LogP contribution >= 0.6 is 0 Å². The molecule has 0 radical (unpaired) electrons. The van der Waals surface area contributed by atoms with Crippen LogP contribution in [0.25, 0.3) is 0 Å². The maximum absolute atomic E-state index is 6.86. The largest absolute Gasteiger partial charge is 0.344 e. The van der Waals surface area contributed by atoms with Crippen molar-refractivity contribution in [3.63, 3.8) is 0 Å². The minimum absolute atomic E-state index is 0.260. The summed E-state index contributed by atoms with van der Waals surface area (Å²) in [4.78, 5) is 0. The first kappa shape index (κ1) is 39.3. The Balaban J connectivity index is 1.20. The minimum atomic E-state index is -0.260. The molecule has 3 aliphatic rings. The van der Waals surface area contributed by atoms with Crippen molar-refractivity contribution in [1.82, 2.24) is 0 Å². The van der Waals surface area contributed by atoms with E-state index in [1.165, 1.54) is 161 Å². The molecule has 2 nitrogen and oxygen atoms in total. The van der Waals surface area contributed by atoms with Gasteiger partial charge in [0.1, 0.15) is 0 Å². The Labute approximate surface area is 287 Å². The number of allylic oxidation sites excluding steroid dienone is 8. The lowest BCUT2D eigenvalue weighted by Crippen LogP contribution is -2.50. The Morgan fingerprint density at radius 3 is 1.17 bits per heavy atom. The smallest absolute Gasteiger partial charge is 0.169 e. The fourth-order valence-corrected chi connectivity index (χ4v) is 8.13. The van der Waals surface area contributed by atoms with E-state index in [1.54, 1.807) is 0 Å². The van der Waals surface area contributed by atoms with E-state index >= 15 is 0 Å². The van der Waals surface area contributed by atoms with Crippen LogP contribution in [0.4, 0.5) is 0 Å². The molecule has 2 saturated carbocycles. The Morgan fingerprint density at radius 1 is 0.435 bits per heavy atom. The van der Waals surface area contributed by atoms with Crippen LogP contribution in [-0.4, -0.2) is 18.0 Å². The van der Waals surface area contributed by atoms with Crippen molar-refractivity contribution in [2.45, 2.75) is 218 Å². The lowest BCUT2D eigenvalue weighted by molar-refractivity contribution is -0.182. The lowest BCUT2D eigenvalue weighted by Gasteiger charge is -2.41. The first-order valence-electron chi connectivity index (χ1n) is 20.8. The van der Waals surface area contributed by atoms with Gasteiger partial charge < -0.3 is 9.47 Å². The molecular formula is C44H76O2. The standard InChI is InChI=1S/C44H76O2/c1-3-5-7-9-11-13-15-17-19-21-23-25-27-29-31-33-38-44(45-42-40-36-35-37-41(40)43(42)46-44)39-34-32-30-28-26-24-22-20-18-16-14-12-10-8-6-4-2/h11-14,17-20,40-43H,3-10,15-16,21-39H2,1-2H3/b13-11-,14-12-,19-17-,20-18-/t40?,41?,42-,43-/m1/s1. The Bertz CT molecular complexity index is 769. The summed E-state index contributed by atoms with van der Waals surface area (Å²) in [6.45, 7) is 4.55. The number of rotatable bonds is 30. The highest BCUT2D eigenvalue weighted by atomic mass is 16.8. The molecule has 1 saturated heterocycles. The van der Waals surface area contributed by atoms with Gasteiger partial charge in [0.2, 0.25) is 0 Å². The zero-order valence-electron chi connectivity index (χ0n) is 30.8. The van der Waals surface area contributed by atoms with E-state index in [-0.39, 0.29) is 5.79 Å². The van der Waals surface area contributed by atoms with Gasteiger partial charge in [0, 0.05) is 12.8 Å². The van der Waals surface area contributed by atoms with E-state index in [9.17, 15) is 0 Å². The van der Waals surface area contributed by atoms with E-state index in [2.05, 4.69) is 62.5 Å². The summed E-state index contributed by atoms with van der Waals surface area (Å²) in [5.41, 5.74) is 0. The van der Waals surface area contributed by atoms with Gasteiger partial charge in [-0.05, 0) is 102 Å². The van der Waals surface area contributed by atoms with Crippen LogP contribution in [0.1, 0.15) is 200 Å². The Kier molecular flexibility index (Phi) is 22.1. The van der Waals surface area contributed by atoms with Gasteiger partial charge in [0.25, 0.3) is 0 Å². The summed E-state index contributed by atoms with van der Waals surface area (Å²) >= 11 is 0. The van der Waals surface area contributed by atoms with Crippen molar-refractivity contribution in [3.05, 3.63) is 48.6 Å². The molecule has 0 bridgehead atoms. The number of unbranched alkanes of at least 4 members (excludes halogenated alkanes) is 18. The van der Waals surface area contributed by atoms with Crippen molar-refractivity contribution in [2.24, 2.45) is 11.8 Å². The van der Waals surface area contributed by atoms with Gasteiger partial charge in [-0.2, -0.15) is 0 Å². The number of fused-ring (bicyclic) bond motifs is 4. The average molecular weight is 637 g/mol. The summed E-state index contributed by atoms with van der Waals surface area (Å²) in [6.07, 6.45) is 57.5. The Morgan fingerprint density at radius 2 is 0.783 bits per heavy atom. The van der Waals surface area contributed by atoms with Crippen LogP contribution < -0.4 is 0 Å². The second-order valence-corrected chi connectivity index (χ2v) is 15.0. The van der Waals surface area contributed by atoms with Crippen LogP contribution in [-0.2, 0) is 9.47 Å². The van der Waals surface area contributed by atoms with E-state index in [4.69, 9.17) is 9.47 Å². The monoisotopic (exact) mass is 637 g/mol. The molecule has 3 fully saturated rings. The molecule has 2 aliphatic carbocycles. The molecule has 0 aromatic heterocycles. The van der Waals surface area contributed by atoms with Gasteiger partial charge in [-0.3, -0.25) is 0 Å². The van der Waals surface area contributed by atoms with Crippen molar-refractivity contribution in [3.8, 4) is 0 Å². The molecule has 0 spiro atoms. The number of hydrogen-bond donors (Lipinski definition) is 0. The number of ether oxygens (including phenoxy) is 2. The quantitative estimate of drug-likeness (QED) is 0.0577. The average Bonchev–Trinajstić information content (AvgIpc) is 3.64. The highest BCUT2D eigenvalue weighted by Gasteiger charge is 2.62.